The first kappa shape index (κ1) is 17.0. The van der Waals surface area contributed by atoms with Crippen molar-refractivity contribution in [3.63, 3.8) is 0 Å². The number of carbonyl (C=O) groups is 2. The van der Waals surface area contributed by atoms with E-state index in [-0.39, 0.29) is 0 Å². The molecule has 1 aromatic heterocycles. The Balaban J connectivity index is 1.57. The summed E-state index contributed by atoms with van der Waals surface area (Å²) in [5, 5.41) is 1.10. The second-order valence-electron chi connectivity index (χ2n) is 5.92. The van der Waals surface area contributed by atoms with Crippen molar-refractivity contribution in [1.82, 2.24) is 9.88 Å². The topological polar surface area (TPSA) is 72.0 Å². The Morgan fingerprint density at radius 2 is 1.88 bits per heavy atom. The summed E-state index contributed by atoms with van der Waals surface area (Å²) >= 11 is 0. The van der Waals surface area contributed by atoms with E-state index >= 15 is 0 Å². The number of anilines is 1. The molecule has 1 atom stereocenters. The molecular formula is C18H21N3O4. The first-order valence-corrected chi connectivity index (χ1v) is 8.25. The van der Waals surface area contributed by atoms with Gasteiger partial charge in [-0.25, -0.2) is 4.79 Å². The Labute approximate surface area is 146 Å². The number of hydrogen-bond acceptors (Lipinski definition) is 6. The van der Waals surface area contributed by atoms with Gasteiger partial charge in [-0.15, -0.1) is 0 Å². The predicted molar refractivity (Wildman–Crippen MR) is 93.2 cm³/mol. The number of rotatable bonds is 3. The maximum atomic E-state index is 12.1. The van der Waals surface area contributed by atoms with Crippen LogP contribution in [0.5, 0.6) is 0 Å². The second-order valence-corrected chi connectivity index (χ2v) is 5.92. The molecule has 0 spiro atoms. The van der Waals surface area contributed by atoms with Gasteiger partial charge in [0, 0.05) is 57.3 Å². The lowest BCUT2D eigenvalue weighted by Gasteiger charge is -2.35. The average Bonchev–Trinajstić information content (AvgIpc) is 2.60. The standard InChI is InChI=1S/C18H21N3O4/c1-13(22)24-14(2)25-18(23)21-10-8-20(9-11-21)16-6-5-15-4-3-7-19-17(15)12-16/h3-7,12,14H,8-11H2,1-2H3. The summed E-state index contributed by atoms with van der Waals surface area (Å²) in [6.07, 6.45) is 0.438. The van der Waals surface area contributed by atoms with Gasteiger partial charge in [0.1, 0.15) is 0 Å². The number of aromatic nitrogens is 1. The Morgan fingerprint density at radius 3 is 2.60 bits per heavy atom. The largest absolute Gasteiger partial charge is 0.426 e. The van der Waals surface area contributed by atoms with Crippen molar-refractivity contribution >= 4 is 28.7 Å². The maximum Gasteiger partial charge on any atom is 0.412 e. The highest BCUT2D eigenvalue weighted by molar-refractivity contribution is 5.82. The lowest BCUT2D eigenvalue weighted by Crippen LogP contribution is -2.49. The van der Waals surface area contributed by atoms with Crippen molar-refractivity contribution in [2.24, 2.45) is 0 Å². The van der Waals surface area contributed by atoms with Gasteiger partial charge < -0.3 is 19.3 Å². The Kier molecular flexibility index (Phi) is 5.02. The van der Waals surface area contributed by atoms with Crippen LogP contribution in [0.25, 0.3) is 10.9 Å². The van der Waals surface area contributed by atoms with Crippen LogP contribution in [0.1, 0.15) is 13.8 Å². The molecule has 7 heteroatoms. The van der Waals surface area contributed by atoms with Crippen molar-refractivity contribution in [2.45, 2.75) is 20.1 Å². The van der Waals surface area contributed by atoms with Crippen LogP contribution >= 0.6 is 0 Å². The van der Waals surface area contributed by atoms with Crippen LogP contribution in [0.15, 0.2) is 36.5 Å². The van der Waals surface area contributed by atoms with Gasteiger partial charge in [0.05, 0.1) is 5.52 Å². The number of carbonyl (C=O) groups excluding carboxylic acids is 2. The summed E-state index contributed by atoms with van der Waals surface area (Å²) in [5.74, 6) is -0.477. The van der Waals surface area contributed by atoms with Crippen LogP contribution in [0.3, 0.4) is 0 Å². The monoisotopic (exact) mass is 343 g/mol. The quantitative estimate of drug-likeness (QED) is 0.629. The number of ether oxygens (including phenoxy) is 2. The van der Waals surface area contributed by atoms with Gasteiger partial charge in [-0.3, -0.25) is 9.78 Å². The summed E-state index contributed by atoms with van der Waals surface area (Å²) < 4.78 is 9.93. The zero-order valence-electron chi connectivity index (χ0n) is 14.3. The molecule has 2 heterocycles. The summed E-state index contributed by atoms with van der Waals surface area (Å²) in [5.41, 5.74) is 2.05. The number of hydrogen-bond donors (Lipinski definition) is 0. The Morgan fingerprint density at radius 1 is 1.12 bits per heavy atom. The molecule has 132 valence electrons. The number of nitrogens with zero attached hydrogens (tertiary/aromatic N) is 3. The highest BCUT2D eigenvalue weighted by Crippen LogP contribution is 2.22. The molecule has 0 radical (unpaired) electrons. The maximum absolute atomic E-state index is 12.1. The van der Waals surface area contributed by atoms with Crippen LogP contribution in [-0.4, -0.2) is 54.4 Å². The normalized spacial score (nSPS) is 15.8. The van der Waals surface area contributed by atoms with E-state index in [0.717, 1.165) is 16.6 Å². The molecule has 0 aliphatic carbocycles. The molecular weight excluding hydrogens is 322 g/mol. The van der Waals surface area contributed by atoms with Gasteiger partial charge in [-0.05, 0) is 18.2 Å². The molecule has 0 N–H and O–H groups in total. The third-order valence-electron chi connectivity index (χ3n) is 4.09. The zero-order chi connectivity index (χ0) is 17.8. The van der Waals surface area contributed by atoms with Crippen LogP contribution < -0.4 is 4.90 Å². The molecule has 1 saturated heterocycles. The molecule has 2 aromatic rings. The highest BCUT2D eigenvalue weighted by atomic mass is 16.7. The third-order valence-corrected chi connectivity index (χ3v) is 4.09. The molecule has 1 unspecified atom stereocenters. The molecule has 1 fully saturated rings. The van der Waals surface area contributed by atoms with E-state index in [1.165, 1.54) is 13.8 Å². The summed E-state index contributed by atoms with van der Waals surface area (Å²) in [7, 11) is 0. The molecule has 1 aliphatic rings. The minimum Gasteiger partial charge on any atom is -0.426 e. The van der Waals surface area contributed by atoms with E-state index in [1.807, 2.05) is 12.1 Å². The minimum atomic E-state index is -0.880. The van der Waals surface area contributed by atoms with E-state index in [2.05, 4.69) is 28.1 Å². The van der Waals surface area contributed by atoms with E-state index in [9.17, 15) is 9.59 Å². The number of benzene rings is 1. The molecule has 25 heavy (non-hydrogen) atoms. The molecule has 1 aliphatic heterocycles. The fourth-order valence-corrected chi connectivity index (χ4v) is 2.87. The number of piperazine rings is 1. The van der Waals surface area contributed by atoms with Crippen LogP contribution in [0.4, 0.5) is 10.5 Å². The SMILES string of the molecule is CC(=O)OC(C)OC(=O)N1CCN(c2ccc3cccnc3c2)CC1. The average molecular weight is 343 g/mol. The number of pyridine rings is 1. The number of fused-ring (bicyclic) bond motifs is 1. The van der Waals surface area contributed by atoms with Crippen molar-refractivity contribution in [3.05, 3.63) is 36.5 Å². The van der Waals surface area contributed by atoms with Gasteiger partial charge in [0.2, 0.25) is 6.29 Å². The van der Waals surface area contributed by atoms with Gasteiger partial charge in [0.15, 0.2) is 0 Å². The smallest absolute Gasteiger partial charge is 0.412 e. The van der Waals surface area contributed by atoms with Crippen LogP contribution in [-0.2, 0) is 14.3 Å². The summed E-state index contributed by atoms with van der Waals surface area (Å²) in [4.78, 5) is 31.2. The second kappa shape index (κ2) is 7.38. The highest BCUT2D eigenvalue weighted by Gasteiger charge is 2.24. The fraction of sp³-hybridized carbons (Fsp3) is 0.389. The lowest BCUT2D eigenvalue weighted by molar-refractivity contribution is -0.163. The van der Waals surface area contributed by atoms with Crippen molar-refractivity contribution in [1.29, 1.82) is 0 Å². The van der Waals surface area contributed by atoms with E-state index in [4.69, 9.17) is 9.47 Å². The predicted octanol–water partition coefficient (Wildman–Crippen LogP) is 2.40. The minimum absolute atomic E-state index is 0.464. The first-order chi connectivity index (χ1) is 12.0. The van der Waals surface area contributed by atoms with Crippen molar-refractivity contribution in [3.8, 4) is 0 Å². The molecule has 7 nitrogen and oxygen atoms in total. The fourth-order valence-electron chi connectivity index (χ4n) is 2.87. The molecule has 0 bridgehead atoms. The van der Waals surface area contributed by atoms with Crippen LogP contribution in [0, 0.1) is 0 Å². The van der Waals surface area contributed by atoms with Crippen LogP contribution in [0.2, 0.25) is 0 Å². The molecule has 0 saturated carbocycles. The van der Waals surface area contributed by atoms with E-state index < -0.39 is 18.4 Å². The summed E-state index contributed by atoms with van der Waals surface area (Å²) in [6.45, 7) is 5.31. The third kappa shape index (κ3) is 4.17. The Hall–Kier alpha value is -2.83. The van der Waals surface area contributed by atoms with Crippen molar-refractivity contribution < 1.29 is 19.1 Å². The van der Waals surface area contributed by atoms with Gasteiger partial charge >= 0.3 is 12.1 Å². The van der Waals surface area contributed by atoms with Gasteiger partial charge in [-0.1, -0.05) is 12.1 Å². The molecule has 1 aromatic carbocycles. The molecule has 3 rings (SSSR count). The summed E-state index contributed by atoms with van der Waals surface area (Å²) in [6, 6.07) is 10.1. The van der Waals surface area contributed by atoms with Gasteiger partial charge in [0.25, 0.3) is 0 Å². The lowest BCUT2D eigenvalue weighted by atomic mass is 10.2. The van der Waals surface area contributed by atoms with Gasteiger partial charge in [-0.2, -0.15) is 0 Å². The van der Waals surface area contributed by atoms with Crippen molar-refractivity contribution in [2.75, 3.05) is 31.1 Å². The van der Waals surface area contributed by atoms with E-state index in [0.29, 0.717) is 26.2 Å². The molecule has 1 amide bonds. The van der Waals surface area contributed by atoms with E-state index in [1.54, 1.807) is 11.1 Å². The Bertz CT molecular complexity index is 772. The number of esters is 1. The zero-order valence-corrected chi connectivity index (χ0v) is 14.3. The number of amides is 1. The first-order valence-electron chi connectivity index (χ1n) is 8.25.